The molecule has 0 spiro atoms. The summed E-state index contributed by atoms with van der Waals surface area (Å²) >= 11 is 2.34. The topological polar surface area (TPSA) is 77.0 Å². The number of sulfone groups is 1. The smallest absolute Gasteiger partial charge is 0.247 e. The van der Waals surface area contributed by atoms with Gasteiger partial charge in [-0.05, 0) is 49.9 Å². The zero-order valence-corrected chi connectivity index (χ0v) is 18.0. The number of carbonyl (C=O) groups excluding carboxylic acids is 1. The van der Waals surface area contributed by atoms with Gasteiger partial charge in [-0.25, -0.2) is 18.4 Å². The Bertz CT molecular complexity index is 1110. The van der Waals surface area contributed by atoms with Gasteiger partial charge >= 0.3 is 0 Å². The number of nitrogens with zero attached hydrogens (tertiary/aromatic N) is 2. The number of aryl methyl sites for hydroxylation is 2. The van der Waals surface area contributed by atoms with E-state index in [1.54, 1.807) is 0 Å². The molecule has 0 fully saturated rings. The molecule has 8 heteroatoms. The molecule has 28 heavy (non-hydrogen) atoms. The second-order valence-electron chi connectivity index (χ2n) is 6.26. The predicted octanol–water partition coefficient (Wildman–Crippen LogP) is 4.58. The number of carbonyl (C=O) groups is 1. The van der Waals surface area contributed by atoms with E-state index < -0.39 is 9.84 Å². The third-order valence-corrected chi connectivity index (χ3v) is 6.51. The average Bonchev–Trinajstić information content (AvgIpc) is 2.65. The third-order valence-electron chi connectivity index (χ3n) is 3.74. The Kier molecular flexibility index (Phi) is 6.22. The van der Waals surface area contributed by atoms with Gasteiger partial charge < -0.3 is 0 Å². The second kappa shape index (κ2) is 8.46. The first-order valence-electron chi connectivity index (χ1n) is 8.33. The number of benzene rings is 2. The first-order valence-corrected chi connectivity index (χ1v) is 11.9. The summed E-state index contributed by atoms with van der Waals surface area (Å²) in [6.07, 6.45) is 2.42. The normalized spacial score (nSPS) is 11.4. The van der Waals surface area contributed by atoms with Crippen LogP contribution in [0.4, 0.5) is 0 Å². The van der Waals surface area contributed by atoms with Crippen molar-refractivity contribution in [3.05, 3.63) is 71.5 Å². The fourth-order valence-corrected chi connectivity index (χ4v) is 4.42. The second-order valence-corrected chi connectivity index (χ2v) is 10.3. The average molecular weight is 431 g/mol. The summed E-state index contributed by atoms with van der Waals surface area (Å²) in [4.78, 5) is 23.1. The number of aromatic nitrogens is 2. The third kappa shape index (κ3) is 5.21. The molecule has 2 aromatic carbocycles. The van der Waals surface area contributed by atoms with Crippen molar-refractivity contribution in [2.24, 2.45) is 0 Å². The lowest BCUT2D eigenvalue weighted by Crippen LogP contribution is -2.09. The van der Waals surface area contributed by atoms with Crippen LogP contribution in [0.1, 0.15) is 21.6 Å². The molecule has 5 nitrogen and oxygen atoms in total. The summed E-state index contributed by atoms with van der Waals surface area (Å²) in [7, 11) is -3.63. The van der Waals surface area contributed by atoms with Crippen molar-refractivity contribution in [3.8, 4) is 0 Å². The maximum absolute atomic E-state index is 12.9. The lowest BCUT2D eigenvalue weighted by atomic mass is 10.2. The Morgan fingerprint density at radius 1 is 0.893 bits per heavy atom. The number of hydrogen-bond donors (Lipinski definition) is 0. The van der Waals surface area contributed by atoms with Crippen molar-refractivity contribution >= 4 is 38.5 Å². The van der Waals surface area contributed by atoms with Crippen LogP contribution in [0.5, 0.6) is 0 Å². The molecule has 0 radical (unpaired) electrons. The standard InChI is InChI=1S/C20H18N2O3S3/c1-13-4-8-15(9-5-13)26-17-12-21-20(28(3,24)25)22-18(17)19(23)27-16-10-6-14(2)7-11-16/h4-12H,1-3H3. The minimum Gasteiger partial charge on any atom is -0.279 e. The summed E-state index contributed by atoms with van der Waals surface area (Å²) in [5.41, 5.74) is 2.31. The molecule has 0 saturated heterocycles. The Morgan fingerprint density at radius 3 is 1.96 bits per heavy atom. The van der Waals surface area contributed by atoms with Crippen LogP contribution in [-0.4, -0.2) is 29.8 Å². The van der Waals surface area contributed by atoms with Crippen LogP contribution in [0.25, 0.3) is 0 Å². The van der Waals surface area contributed by atoms with Crippen LogP contribution in [0.2, 0.25) is 0 Å². The Labute approximate surface area is 172 Å². The first-order chi connectivity index (χ1) is 13.2. The highest BCUT2D eigenvalue weighted by molar-refractivity contribution is 8.14. The van der Waals surface area contributed by atoms with E-state index in [-0.39, 0.29) is 16.0 Å². The Hall–Kier alpha value is -2.16. The van der Waals surface area contributed by atoms with Crippen molar-refractivity contribution in [3.63, 3.8) is 0 Å². The van der Waals surface area contributed by atoms with E-state index in [4.69, 9.17) is 0 Å². The molecule has 3 rings (SSSR count). The van der Waals surface area contributed by atoms with E-state index in [0.29, 0.717) is 4.90 Å². The molecule has 1 heterocycles. The van der Waals surface area contributed by atoms with E-state index in [9.17, 15) is 13.2 Å². The van der Waals surface area contributed by atoms with Gasteiger partial charge in [-0.3, -0.25) is 4.79 Å². The van der Waals surface area contributed by atoms with Gasteiger partial charge in [0.1, 0.15) is 5.69 Å². The van der Waals surface area contributed by atoms with Gasteiger partial charge in [0, 0.05) is 22.2 Å². The number of hydrogen-bond acceptors (Lipinski definition) is 7. The van der Waals surface area contributed by atoms with Gasteiger partial charge in [0.05, 0.1) is 4.90 Å². The lowest BCUT2D eigenvalue weighted by Gasteiger charge is -2.09. The van der Waals surface area contributed by atoms with Crippen molar-refractivity contribution in [2.75, 3.05) is 6.26 Å². The SMILES string of the molecule is Cc1ccc(SC(=O)c2nc(S(C)(=O)=O)ncc2Sc2ccc(C)cc2)cc1. The van der Waals surface area contributed by atoms with Gasteiger partial charge in [-0.15, -0.1) is 0 Å². The zero-order chi connectivity index (χ0) is 20.3. The van der Waals surface area contributed by atoms with Gasteiger partial charge in [0.15, 0.2) is 0 Å². The first kappa shape index (κ1) is 20.6. The zero-order valence-electron chi connectivity index (χ0n) is 15.5. The summed E-state index contributed by atoms with van der Waals surface area (Å²) in [5.74, 6) is 0. The van der Waals surface area contributed by atoms with Gasteiger partial charge in [-0.1, -0.05) is 47.2 Å². The lowest BCUT2D eigenvalue weighted by molar-refractivity contribution is 0.108. The quantitative estimate of drug-likeness (QED) is 0.433. The van der Waals surface area contributed by atoms with Crippen LogP contribution in [0, 0.1) is 13.8 Å². The highest BCUT2D eigenvalue weighted by Gasteiger charge is 2.21. The fourth-order valence-electron chi connectivity index (χ4n) is 2.25. The highest BCUT2D eigenvalue weighted by atomic mass is 32.2. The summed E-state index contributed by atoms with van der Waals surface area (Å²) in [6, 6.07) is 15.3. The summed E-state index contributed by atoms with van der Waals surface area (Å²) in [6.45, 7) is 3.96. The number of thioether (sulfide) groups is 1. The molecule has 1 aromatic heterocycles. The Balaban J connectivity index is 1.98. The van der Waals surface area contributed by atoms with E-state index in [1.165, 1.54) is 18.0 Å². The maximum Gasteiger partial charge on any atom is 0.247 e. The van der Waals surface area contributed by atoms with Gasteiger partial charge in [0.2, 0.25) is 20.1 Å². The van der Waals surface area contributed by atoms with E-state index in [2.05, 4.69) is 9.97 Å². The number of rotatable bonds is 5. The molecule has 3 aromatic rings. The molecule has 0 amide bonds. The van der Waals surface area contributed by atoms with Crippen LogP contribution < -0.4 is 0 Å². The molecule has 0 N–H and O–H groups in total. The predicted molar refractivity (Wildman–Crippen MR) is 112 cm³/mol. The molecule has 144 valence electrons. The van der Waals surface area contributed by atoms with Crippen molar-refractivity contribution in [1.29, 1.82) is 0 Å². The molecule has 0 aliphatic carbocycles. The minimum atomic E-state index is -3.63. The molecular weight excluding hydrogens is 412 g/mol. The van der Waals surface area contributed by atoms with Crippen LogP contribution >= 0.6 is 23.5 Å². The molecule has 0 aliphatic heterocycles. The monoisotopic (exact) mass is 430 g/mol. The van der Waals surface area contributed by atoms with Crippen molar-refractivity contribution in [2.45, 2.75) is 33.7 Å². The van der Waals surface area contributed by atoms with E-state index >= 15 is 0 Å². The molecule has 0 aliphatic rings. The van der Waals surface area contributed by atoms with Crippen molar-refractivity contribution < 1.29 is 13.2 Å². The fraction of sp³-hybridized carbons (Fsp3) is 0.150. The van der Waals surface area contributed by atoms with Crippen molar-refractivity contribution in [1.82, 2.24) is 9.97 Å². The molecule has 0 bridgehead atoms. The highest BCUT2D eigenvalue weighted by Crippen LogP contribution is 2.33. The van der Waals surface area contributed by atoms with Crippen LogP contribution in [0.3, 0.4) is 0 Å². The largest absolute Gasteiger partial charge is 0.279 e. The summed E-state index contributed by atoms with van der Waals surface area (Å²) < 4.78 is 23.7. The van der Waals surface area contributed by atoms with Gasteiger partial charge in [0.25, 0.3) is 0 Å². The summed E-state index contributed by atoms with van der Waals surface area (Å²) in [5, 5.41) is -0.681. The van der Waals surface area contributed by atoms with Crippen LogP contribution in [0.15, 0.2) is 74.6 Å². The Morgan fingerprint density at radius 2 is 1.43 bits per heavy atom. The minimum absolute atomic E-state index is 0.0894. The van der Waals surface area contributed by atoms with Crippen LogP contribution in [-0.2, 0) is 9.84 Å². The molecule has 0 atom stereocenters. The maximum atomic E-state index is 12.9. The van der Waals surface area contributed by atoms with E-state index in [1.807, 2.05) is 62.4 Å². The van der Waals surface area contributed by atoms with Gasteiger partial charge in [-0.2, -0.15) is 0 Å². The molecule has 0 unspecified atom stereocenters. The van der Waals surface area contributed by atoms with E-state index in [0.717, 1.165) is 38.9 Å². The molecular formula is C20H18N2O3S3. The molecule has 0 saturated carbocycles.